The number of hydrogen-bond acceptors (Lipinski definition) is 8. The highest BCUT2D eigenvalue weighted by atomic mass is 16.6. The second kappa shape index (κ2) is 10.5. The number of nitro groups is 1. The van der Waals surface area contributed by atoms with Gasteiger partial charge in [-0.05, 0) is 44.5 Å². The molecule has 0 bridgehead atoms. The fourth-order valence-electron chi connectivity index (χ4n) is 3.28. The van der Waals surface area contributed by atoms with Crippen molar-refractivity contribution in [2.45, 2.75) is 26.9 Å². The fraction of sp³-hybridized carbons (Fsp3) is 0.304. The molecule has 10 nitrogen and oxygen atoms in total. The summed E-state index contributed by atoms with van der Waals surface area (Å²) in [5.74, 6) is 1.54. The lowest BCUT2D eigenvalue weighted by Crippen LogP contribution is -2.25. The van der Waals surface area contributed by atoms with Crippen LogP contribution in [0.4, 0.5) is 5.69 Å². The molecule has 0 aliphatic heterocycles. The van der Waals surface area contributed by atoms with Crippen molar-refractivity contribution in [2.75, 3.05) is 20.8 Å². The Bertz CT molecular complexity index is 1140. The Labute approximate surface area is 190 Å². The van der Waals surface area contributed by atoms with Crippen LogP contribution in [0.2, 0.25) is 0 Å². The van der Waals surface area contributed by atoms with E-state index in [2.05, 4.69) is 10.5 Å². The van der Waals surface area contributed by atoms with E-state index in [0.717, 1.165) is 11.3 Å². The molecule has 33 heavy (non-hydrogen) atoms. The standard InChI is InChI=1S/C23H25N3O7/c1-14-19(15(2)33-25-14)13-32-18-7-5-6-17(10-18)23(27)24-9-8-16-11-21(30-3)22(31-4)12-20(16)26(28)29/h5-7,10-12H,8-9,13H2,1-4H3,(H,24,27). The maximum atomic E-state index is 12.6. The number of carbonyl (C=O) groups is 1. The maximum Gasteiger partial charge on any atom is 0.276 e. The molecule has 0 aliphatic rings. The average Bonchev–Trinajstić information content (AvgIpc) is 3.14. The van der Waals surface area contributed by atoms with Crippen LogP contribution in [0.3, 0.4) is 0 Å². The van der Waals surface area contributed by atoms with E-state index in [1.165, 1.54) is 20.3 Å². The number of rotatable bonds is 10. The molecule has 0 saturated heterocycles. The summed E-state index contributed by atoms with van der Waals surface area (Å²) in [4.78, 5) is 23.5. The highest BCUT2D eigenvalue weighted by Gasteiger charge is 2.19. The van der Waals surface area contributed by atoms with E-state index >= 15 is 0 Å². The van der Waals surface area contributed by atoms with Crippen molar-refractivity contribution in [2.24, 2.45) is 0 Å². The molecule has 3 aromatic rings. The second-order valence-corrected chi connectivity index (χ2v) is 7.22. The molecule has 1 aromatic heterocycles. The van der Waals surface area contributed by atoms with Crippen molar-refractivity contribution in [1.82, 2.24) is 10.5 Å². The average molecular weight is 455 g/mol. The molecule has 1 amide bonds. The number of benzene rings is 2. The summed E-state index contributed by atoms with van der Waals surface area (Å²) >= 11 is 0. The normalized spacial score (nSPS) is 10.5. The molecule has 2 aromatic carbocycles. The molecule has 1 N–H and O–H groups in total. The minimum atomic E-state index is -0.487. The monoisotopic (exact) mass is 455 g/mol. The Morgan fingerprint density at radius 3 is 2.52 bits per heavy atom. The van der Waals surface area contributed by atoms with Gasteiger partial charge in [0.2, 0.25) is 0 Å². The van der Waals surface area contributed by atoms with Gasteiger partial charge in [0, 0.05) is 17.7 Å². The van der Waals surface area contributed by atoms with Crippen molar-refractivity contribution in [3.63, 3.8) is 0 Å². The van der Waals surface area contributed by atoms with Gasteiger partial charge in [0.25, 0.3) is 11.6 Å². The molecular weight excluding hydrogens is 430 g/mol. The van der Waals surface area contributed by atoms with Gasteiger partial charge in [-0.3, -0.25) is 14.9 Å². The SMILES string of the molecule is COc1cc(CCNC(=O)c2cccc(OCc3c(C)noc3C)c2)c([N+](=O)[O-])cc1OC. The zero-order valence-corrected chi connectivity index (χ0v) is 18.8. The Morgan fingerprint density at radius 1 is 1.15 bits per heavy atom. The van der Waals surface area contributed by atoms with Crippen LogP contribution in [0.1, 0.15) is 32.9 Å². The molecule has 3 rings (SSSR count). The minimum absolute atomic E-state index is 0.100. The first-order valence-corrected chi connectivity index (χ1v) is 10.2. The third-order valence-corrected chi connectivity index (χ3v) is 5.12. The van der Waals surface area contributed by atoms with Crippen LogP contribution in [0.5, 0.6) is 17.2 Å². The van der Waals surface area contributed by atoms with Crippen molar-refractivity contribution in [3.8, 4) is 17.2 Å². The largest absolute Gasteiger partial charge is 0.493 e. The zero-order chi connectivity index (χ0) is 24.0. The van der Waals surface area contributed by atoms with Gasteiger partial charge in [-0.2, -0.15) is 0 Å². The summed E-state index contributed by atoms with van der Waals surface area (Å²) in [5.41, 5.74) is 2.35. The molecule has 0 spiro atoms. The van der Waals surface area contributed by atoms with Crippen molar-refractivity contribution in [1.29, 1.82) is 0 Å². The maximum absolute atomic E-state index is 12.6. The molecular formula is C23H25N3O7. The number of nitrogens with one attached hydrogen (secondary N) is 1. The molecule has 10 heteroatoms. The topological polar surface area (TPSA) is 126 Å². The molecule has 0 unspecified atom stereocenters. The number of aryl methyl sites for hydroxylation is 2. The number of amides is 1. The van der Waals surface area contributed by atoms with Crippen molar-refractivity contribution in [3.05, 3.63) is 74.7 Å². The fourth-order valence-corrected chi connectivity index (χ4v) is 3.28. The van der Waals surface area contributed by atoms with Gasteiger partial charge in [-0.15, -0.1) is 0 Å². The highest BCUT2D eigenvalue weighted by molar-refractivity contribution is 5.94. The van der Waals surface area contributed by atoms with E-state index in [0.29, 0.717) is 28.4 Å². The Morgan fingerprint density at radius 2 is 1.88 bits per heavy atom. The lowest BCUT2D eigenvalue weighted by atomic mass is 10.1. The Hall–Kier alpha value is -4.08. The smallest absolute Gasteiger partial charge is 0.276 e. The van der Waals surface area contributed by atoms with Gasteiger partial charge < -0.3 is 24.1 Å². The summed E-state index contributed by atoms with van der Waals surface area (Å²) in [6.45, 7) is 4.11. The third-order valence-electron chi connectivity index (χ3n) is 5.12. The number of hydrogen-bond donors (Lipinski definition) is 1. The molecule has 0 atom stereocenters. The van der Waals surface area contributed by atoms with Crippen molar-refractivity contribution < 1.29 is 28.5 Å². The van der Waals surface area contributed by atoms with E-state index in [4.69, 9.17) is 18.7 Å². The van der Waals surface area contributed by atoms with Gasteiger partial charge in [0.15, 0.2) is 11.5 Å². The third kappa shape index (κ3) is 5.59. The van der Waals surface area contributed by atoms with Crippen LogP contribution < -0.4 is 19.5 Å². The molecule has 0 fully saturated rings. The molecule has 174 valence electrons. The molecule has 0 radical (unpaired) electrons. The summed E-state index contributed by atoms with van der Waals surface area (Å²) in [6, 6.07) is 9.63. The number of nitro benzene ring substituents is 1. The number of methoxy groups -OCH3 is 2. The van der Waals surface area contributed by atoms with Gasteiger partial charge in [-0.1, -0.05) is 11.2 Å². The van der Waals surface area contributed by atoms with E-state index in [-0.39, 0.29) is 36.9 Å². The van der Waals surface area contributed by atoms with Gasteiger partial charge >= 0.3 is 0 Å². The Kier molecular flexibility index (Phi) is 7.50. The van der Waals surface area contributed by atoms with Crippen LogP contribution in [-0.4, -0.2) is 36.8 Å². The number of carbonyl (C=O) groups excluding carboxylic acids is 1. The lowest BCUT2D eigenvalue weighted by Gasteiger charge is -2.11. The molecule has 0 saturated carbocycles. The van der Waals surface area contributed by atoms with Crippen LogP contribution in [0.15, 0.2) is 40.9 Å². The predicted octanol–water partition coefficient (Wildman–Crippen LogP) is 3.77. The summed E-state index contributed by atoms with van der Waals surface area (Å²) in [5, 5.41) is 18.1. The zero-order valence-electron chi connectivity index (χ0n) is 18.8. The number of ether oxygens (including phenoxy) is 3. The van der Waals surface area contributed by atoms with Crippen LogP contribution in [0.25, 0.3) is 0 Å². The first-order chi connectivity index (χ1) is 15.8. The first kappa shape index (κ1) is 23.6. The van der Waals surface area contributed by atoms with E-state index in [1.807, 2.05) is 13.8 Å². The van der Waals surface area contributed by atoms with E-state index in [9.17, 15) is 14.9 Å². The predicted molar refractivity (Wildman–Crippen MR) is 119 cm³/mol. The van der Waals surface area contributed by atoms with Gasteiger partial charge in [-0.25, -0.2) is 0 Å². The highest BCUT2D eigenvalue weighted by Crippen LogP contribution is 2.34. The quantitative estimate of drug-likeness (QED) is 0.362. The summed E-state index contributed by atoms with van der Waals surface area (Å²) in [7, 11) is 2.86. The lowest BCUT2D eigenvalue weighted by molar-refractivity contribution is -0.385. The summed E-state index contributed by atoms with van der Waals surface area (Å²) in [6.07, 6.45) is 0.241. The van der Waals surface area contributed by atoms with Crippen LogP contribution in [0, 0.1) is 24.0 Å². The molecule has 0 aliphatic carbocycles. The second-order valence-electron chi connectivity index (χ2n) is 7.22. The van der Waals surface area contributed by atoms with Gasteiger partial charge in [0.05, 0.1) is 36.5 Å². The van der Waals surface area contributed by atoms with Gasteiger partial charge in [0.1, 0.15) is 18.1 Å². The number of nitrogens with zero attached hydrogens (tertiary/aromatic N) is 2. The van der Waals surface area contributed by atoms with Crippen LogP contribution in [-0.2, 0) is 13.0 Å². The van der Waals surface area contributed by atoms with E-state index in [1.54, 1.807) is 30.3 Å². The first-order valence-electron chi connectivity index (χ1n) is 10.2. The molecule has 1 heterocycles. The minimum Gasteiger partial charge on any atom is -0.493 e. The number of aromatic nitrogens is 1. The summed E-state index contributed by atoms with van der Waals surface area (Å²) < 4.78 is 21.3. The van der Waals surface area contributed by atoms with Crippen LogP contribution >= 0.6 is 0 Å². The van der Waals surface area contributed by atoms with E-state index < -0.39 is 4.92 Å². The Balaban J connectivity index is 1.63. The van der Waals surface area contributed by atoms with Crippen molar-refractivity contribution >= 4 is 11.6 Å².